The molecule has 114 valence electrons. The molecule has 0 aromatic carbocycles. The second kappa shape index (κ2) is 8.34. The van der Waals surface area contributed by atoms with Gasteiger partial charge < -0.3 is 16.0 Å². The Morgan fingerprint density at radius 3 is 2.55 bits per heavy atom. The molecule has 5 nitrogen and oxygen atoms in total. The molecule has 0 radical (unpaired) electrons. The molecule has 0 aliphatic heterocycles. The first-order chi connectivity index (χ1) is 9.53. The molecule has 1 unspecified atom stereocenters. The number of hydrogen-bond acceptors (Lipinski definition) is 5. The average Bonchev–Trinajstić information content (AvgIpc) is 2.91. The minimum Gasteiger partial charge on any atom is -0.349 e. The Morgan fingerprint density at radius 1 is 1.45 bits per heavy atom. The van der Waals surface area contributed by atoms with Crippen molar-refractivity contribution >= 4 is 17.2 Å². The van der Waals surface area contributed by atoms with Crippen LogP contribution >= 0.6 is 11.3 Å². The fourth-order valence-electron chi connectivity index (χ4n) is 2.40. The summed E-state index contributed by atoms with van der Waals surface area (Å²) in [5, 5.41) is 5.54. The van der Waals surface area contributed by atoms with Gasteiger partial charge >= 0.3 is 0 Å². The van der Waals surface area contributed by atoms with Crippen molar-refractivity contribution in [3.63, 3.8) is 0 Å². The second-order valence-electron chi connectivity index (χ2n) is 5.15. The minimum atomic E-state index is -0.112. The third-order valence-electron chi connectivity index (χ3n) is 3.69. The zero-order valence-electron chi connectivity index (χ0n) is 12.8. The van der Waals surface area contributed by atoms with Crippen LogP contribution in [0.1, 0.15) is 42.2 Å². The molecule has 0 fully saturated rings. The summed E-state index contributed by atoms with van der Waals surface area (Å²) >= 11 is 1.43. The summed E-state index contributed by atoms with van der Waals surface area (Å²) in [7, 11) is 4.12. The number of nitrogens with zero attached hydrogens (tertiary/aromatic N) is 2. The van der Waals surface area contributed by atoms with Gasteiger partial charge in [0, 0.05) is 24.5 Å². The molecule has 0 aliphatic rings. The van der Waals surface area contributed by atoms with Crippen LogP contribution in [0.25, 0.3) is 0 Å². The highest BCUT2D eigenvalue weighted by atomic mass is 32.1. The molecule has 6 heteroatoms. The first-order valence-electron chi connectivity index (χ1n) is 7.12. The molecule has 1 aromatic heterocycles. The van der Waals surface area contributed by atoms with E-state index in [4.69, 9.17) is 5.73 Å². The van der Waals surface area contributed by atoms with Gasteiger partial charge in [-0.05, 0) is 20.0 Å². The Balaban J connectivity index is 2.60. The summed E-state index contributed by atoms with van der Waals surface area (Å²) in [6.07, 6.45) is 2.23. The number of thiazole rings is 1. The van der Waals surface area contributed by atoms with Crippen LogP contribution in [0.3, 0.4) is 0 Å². The van der Waals surface area contributed by atoms with Gasteiger partial charge in [0.25, 0.3) is 5.91 Å². The van der Waals surface area contributed by atoms with Crippen molar-refractivity contribution in [2.24, 2.45) is 11.7 Å². The third-order valence-corrected chi connectivity index (χ3v) is 4.56. The average molecular weight is 298 g/mol. The molecule has 1 amide bonds. The largest absolute Gasteiger partial charge is 0.349 e. The lowest BCUT2D eigenvalue weighted by Gasteiger charge is -2.31. The highest BCUT2D eigenvalue weighted by Crippen LogP contribution is 2.16. The van der Waals surface area contributed by atoms with Crippen molar-refractivity contribution in [2.75, 3.05) is 20.6 Å². The predicted octanol–water partition coefficient (Wildman–Crippen LogP) is 1.70. The first-order valence-corrected chi connectivity index (χ1v) is 8.00. The number of aromatic nitrogens is 1. The molecule has 0 bridgehead atoms. The normalized spacial score (nSPS) is 12.9. The maximum absolute atomic E-state index is 12.1. The van der Waals surface area contributed by atoms with Gasteiger partial charge in [0.1, 0.15) is 10.7 Å². The number of carbonyl (C=O) groups excluding carboxylic acids is 1. The van der Waals surface area contributed by atoms with Crippen LogP contribution in [-0.4, -0.2) is 42.5 Å². The summed E-state index contributed by atoms with van der Waals surface area (Å²) in [4.78, 5) is 18.5. The number of nitrogens with two attached hydrogens (primary N) is 1. The van der Waals surface area contributed by atoms with E-state index >= 15 is 0 Å². The molecular formula is C14H26N4OS. The summed E-state index contributed by atoms with van der Waals surface area (Å²) in [5.41, 5.74) is 5.98. The monoisotopic (exact) mass is 298 g/mol. The SMILES string of the molecule is CCC(CC)C(CNC(=O)c1csc(CN)n1)N(C)C. The van der Waals surface area contributed by atoms with Gasteiger partial charge in [0.15, 0.2) is 0 Å². The lowest BCUT2D eigenvalue weighted by molar-refractivity contribution is 0.0924. The van der Waals surface area contributed by atoms with Gasteiger partial charge in [-0.25, -0.2) is 4.98 Å². The van der Waals surface area contributed by atoms with Crippen LogP contribution in [0.15, 0.2) is 5.38 Å². The Morgan fingerprint density at radius 2 is 2.10 bits per heavy atom. The van der Waals surface area contributed by atoms with E-state index in [1.807, 2.05) is 0 Å². The van der Waals surface area contributed by atoms with E-state index in [9.17, 15) is 4.79 Å². The smallest absolute Gasteiger partial charge is 0.270 e. The molecule has 1 aromatic rings. The molecule has 20 heavy (non-hydrogen) atoms. The van der Waals surface area contributed by atoms with E-state index in [0.29, 0.717) is 30.7 Å². The lowest BCUT2D eigenvalue weighted by atomic mass is 9.93. The quantitative estimate of drug-likeness (QED) is 0.766. The standard InChI is InChI=1S/C14H26N4OS/c1-5-10(6-2)12(18(3)4)8-16-14(19)11-9-20-13(7-15)17-11/h9-10,12H,5-8,15H2,1-4H3,(H,16,19). The third kappa shape index (κ3) is 4.54. The van der Waals surface area contributed by atoms with Crippen molar-refractivity contribution in [1.29, 1.82) is 0 Å². The Kier molecular flexibility index (Phi) is 7.12. The summed E-state index contributed by atoms with van der Waals surface area (Å²) in [6, 6.07) is 0.349. The van der Waals surface area contributed by atoms with Crippen molar-refractivity contribution < 1.29 is 4.79 Å². The Bertz CT molecular complexity index is 415. The maximum Gasteiger partial charge on any atom is 0.270 e. The van der Waals surface area contributed by atoms with Gasteiger partial charge in [-0.1, -0.05) is 26.7 Å². The summed E-state index contributed by atoms with van der Waals surface area (Å²) in [5.74, 6) is 0.471. The van der Waals surface area contributed by atoms with E-state index in [2.05, 4.69) is 43.1 Å². The fourth-order valence-corrected chi connectivity index (χ4v) is 3.06. The molecule has 1 atom stereocenters. The first kappa shape index (κ1) is 17.1. The van der Waals surface area contributed by atoms with Crippen molar-refractivity contribution in [2.45, 2.75) is 39.3 Å². The highest BCUT2D eigenvalue weighted by Gasteiger charge is 2.21. The van der Waals surface area contributed by atoms with Gasteiger partial charge in [-0.2, -0.15) is 0 Å². The van der Waals surface area contributed by atoms with E-state index < -0.39 is 0 Å². The van der Waals surface area contributed by atoms with Crippen molar-refractivity contribution in [1.82, 2.24) is 15.2 Å². The van der Waals surface area contributed by atoms with Crippen LogP contribution in [0, 0.1) is 5.92 Å². The Hall–Kier alpha value is -0.980. The molecular weight excluding hydrogens is 272 g/mol. The molecule has 0 aliphatic carbocycles. The van der Waals surface area contributed by atoms with Crippen molar-refractivity contribution in [3.05, 3.63) is 16.1 Å². The van der Waals surface area contributed by atoms with Crippen LogP contribution in [0.2, 0.25) is 0 Å². The zero-order valence-corrected chi connectivity index (χ0v) is 13.7. The number of nitrogens with one attached hydrogen (secondary N) is 1. The summed E-state index contributed by atoms with van der Waals surface area (Å²) < 4.78 is 0. The molecule has 0 saturated heterocycles. The molecule has 1 rings (SSSR count). The highest BCUT2D eigenvalue weighted by molar-refractivity contribution is 7.09. The van der Waals surface area contributed by atoms with Crippen LogP contribution in [0.5, 0.6) is 0 Å². The van der Waals surface area contributed by atoms with Gasteiger partial charge in [-0.3, -0.25) is 4.79 Å². The summed E-state index contributed by atoms with van der Waals surface area (Å²) in [6.45, 7) is 5.42. The fraction of sp³-hybridized carbons (Fsp3) is 0.714. The molecule has 1 heterocycles. The molecule has 0 saturated carbocycles. The van der Waals surface area contributed by atoms with Crippen molar-refractivity contribution in [3.8, 4) is 0 Å². The number of carbonyl (C=O) groups is 1. The van der Waals surface area contributed by atoms with E-state index in [1.165, 1.54) is 11.3 Å². The number of hydrogen-bond donors (Lipinski definition) is 2. The maximum atomic E-state index is 12.1. The number of likely N-dealkylation sites (N-methyl/N-ethyl adjacent to an activating group) is 1. The van der Waals surface area contributed by atoms with Crippen LogP contribution < -0.4 is 11.1 Å². The van der Waals surface area contributed by atoms with Crippen LogP contribution in [-0.2, 0) is 6.54 Å². The van der Waals surface area contributed by atoms with Crippen LogP contribution in [0.4, 0.5) is 0 Å². The molecule has 3 N–H and O–H groups in total. The van der Waals surface area contributed by atoms with Gasteiger partial charge in [-0.15, -0.1) is 11.3 Å². The minimum absolute atomic E-state index is 0.112. The predicted molar refractivity (Wildman–Crippen MR) is 83.9 cm³/mol. The lowest BCUT2D eigenvalue weighted by Crippen LogP contribution is -2.44. The number of rotatable bonds is 8. The second-order valence-corrected chi connectivity index (χ2v) is 6.09. The molecule has 0 spiro atoms. The van der Waals surface area contributed by atoms with Gasteiger partial charge in [0.05, 0.1) is 0 Å². The van der Waals surface area contributed by atoms with E-state index in [1.54, 1.807) is 5.38 Å². The number of amides is 1. The van der Waals surface area contributed by atoms with E-state index in [0.717, 1.165) is 17.8 Å². The van der Waals surface area contributed by atoms with Gasteiger partial charge in [0.2, 0.25) is 0 Å². The zero-order chi connectivity index (χ0) is 15.1. The van der Waals surface area contributed by atoms with E-state index in [-0.39, 0.29) is 5.91 Å². The topological polar surface area (TPSA) is 71.2 Å². The Labute approximate surface area is 125 Å².